The maximum Gasteiger partial charge on any atom is 0.305 e. The molecule has 0 saturated heterocycles. The van der Waals surface area contributed by atoms with Crippen molar-refractivity contribution < 1.29 is 9.53 Å². The highest BCUT2D eigenvalue weighted by Gasteiger charge is 2.10. The topological polar surface area (TPSA) is 69.6 Å². The number of rotatable bonds is 6. The second-order valence-corrected chi connectivity index (χ2v) is 4.51. The molecule has 0 bridgehead atoms. The van der Waals surface area contributed by atoms with Gasteiger partial charge >= 0.3 is 5.97 Å². The summed E-state index contributed by atoms with van der Waals surface area (Å²) in [4.78, 5) is 15.7. The lowest BCUT2D eigenvalue weighted by molar-refractivity contribution is -0.143. The molecule has 5 heteroatoms. The summed E-state index contributed by atoms with van der Waals surface area (Å²) in [6.45, 7) is 2.22. The van der Waals surface area contributed by atoms with E-state index in [-0.39, 0.29) is 12.0 Å². The maximum atomic E-state index is 11.2. The van der Waals surface area contributed by atoms with Crippen molar-refractivity contribution in [2.24, 2.45) is 5.73 Å². The summed E-state index contributed by atoms with van der Waals surface area (Å²) >= 11 is 0. The number of hydrogen-bond acceptors (Lipinski definition) is 4. The fraction of sp³-hybridized carbons (Fsp3) is 0.429. The van der Waals surface area contributed by atoms with Crippen molar-refractivity contribution in [2.75, 3.05) is 6.61 Å². The van der Waals surface area contributed by atoms with E-state index in [0.717, 1.165) is 11.3 Å². The number of pyridine rings is 1. The van der Waals surface area contributed by atoms with Crippen molar-refractivity contribution in [3.05, 3.63) is 36.3 Å². The third-order valence-corrected chi connectivity index (χ3v) is 2.91. The summed E-state index contributed by atoms with van der Waals surface area (Å²) in [5, 5.41) is 0. The van der Waals surface area contributed by atoms with Gasteiger partial charge in [0.05, 0.1) is 12.3 Å². The average Bonchev–Trinajstić information content (AvgIpc) is 2.78. The van der Waals surface area contributed by atoms with Gasteiger partial charge < -0.3 is 14.9 Å². The highest BCUT2D eigenvalue weighted by molar-refractivity contribution is 5.69. The number of hydrogen-bond donors (Lipinski definition) is 1. The summed E-state index contributed by atoms with van der Waals surface area (Å²) in [5.74, 6) is -0.187. The molecule has 0 saturated carbocycles. The fourth-order valence-electron chi connectivity index (χ4n) is 1.99. The molecule has 0 aliphatic heterocycles. The molecule has 5 nitrogen and oxygen atoms in total. The summed E-state index contributed by atoms with van der Waals surface area (Å²) < 4.78 is 6.84. The van der Waals surface area contributed by atoms with Gasteiger partial charge in [-0.1, -0.05) is 6.07 Å². The van der Waals surface area contributed by atoms with Crippen LogP contribution in [0, 0.1) is 0 Å². The Bertz CT molecular complexity index is 517. The van der Waals surface area contributed by atoms with Gasteiger partial charge in [-0.25, -0.2) is 4.98 Å². The van der Waals surface area contributed by atoms with Crippen molar-refractivity contribution >= 4 is 11.6 Å². The van der Waals surface area contributed by atoms with Crippen LogP contribution in [0.15, 0.2) is 30.6 Å². The molecule has 2 aromatic heterocycles. The predicted octanol–water partition coefficient (Wildman–Crippen LogP) is 1.55. The molecule has 2 rings (SSSR count). The highest BCUT2D eigenvalue weighted by atomic mass is 16.5. The number of esters is 1. The van der Waals surface area contributed by atoms with E-state index in [1.165, 1.54) is 0 Å². The van der Waals surface area contributed by atoms with Crippen LogP contribution in [0.2, 0.25) is 0 Å². The zero-order valence-electron chi connectivity index (χ0n) is 11.1. The quantitative estimate of drug-likeness (QED) is 0.801. The first-order valence-electron chi connectivity index (χ1n) is 6.53. The van der Waals surface area contributed by atoms with Crippen molar-refractivity contribution in [2.45, 2.75) is 32.2 Å². The standard InChI is InChI=1S/C14H19N3O2/c1-2-19-14(18)7-6-11(15)9-12-10-17-8-4-3-5-13(17)16-12/h3-5,8,10-11H,2,6-7,9,15H2,1H3. The van der Waals surface area contributed by atoms with Crippen LogP contribution in [0.5, 0.6) is 0 Å². The number of aromatic nitrogens is 2. The molecule has 0 aliphatic carbocycles. The molecule has 0 fully saturated rings. The van der Waals surface area contributed by atoms with E-state index in [9.17, 15) is 4.79 Å². The predicted molar refractivity (Wildman–Crippen MR) is 72.7 cm³/mol. The van der Waals surface area contributed by atoms with Crippen LogP contribution >= 0.6 is 0 Å². The largest absolute Gasteiger partial charge is 0.466 e. The Hall–Kier alpha value is -1.88. The lowest BCUT2D eigenvalue weighted by Crippen LogP contribution is -2.24. The molecule has 0 aromatic carbocycles. The number of ether oxygens (including phenoxy) is 1. The van der Waals surface area contributed by atoms with Gasteiger partial charge in [0.2, 0.25) is 0 Å². The van der Waals surface area contributed by atoms with E-state index in [1.807, 2.05) is 35.0 Å². The molecule has 2 heterocycles. The molecule has 0 spiro atoms. The molecule has 2 N–H and O–H groups in total. The molecule has 19 heavy (non-hydrogen) atoms. The van der Waals surface area contributed by atoms with Gasteiger partial charge in [-0.3, -0.25) is 4.79 Å². The van der Waals surface area contributed by atoms with Crippen LogP contribution in [0.4, 0.5) is 0 Å². The number of nitrogens with zero attached hydrogens (tertiary/aromatic N) is 2. The smallest absolute Gasteiger partial charge is 0.305 e. The Kier molecular flexibility index (Phi) is 4.52. The van der Waals surface area contributed by atoms with Crippen molar-refractivity contribution in [3.63, 3.8) is 0 Å². The van der Waals surface area contributed by atoms with E-state index in [1.54, 1.807) is 6.92 Å². The molecule has 0 radical (unpaired) electrons. The highest BCUT2D eigenvalue weighted by Crippen LogP contribution is 2.08. The van der Waals surface area contributed by atoms with Crippen molar-refractivity contribution in [1.29, 1.82) is 0 Å². The summed E-state index contributed by atoms with van der Waals surface area (Å²) in [6.07, 6.45) is 5.58. The SMILES string of the molecule is CCOC(=O)CCC(N)Cc1cn2ccccc2n1. The van der Waals surface area contributed by atoms with Crippen LogP contribution in [-0.4, -0.2) is 28.0 Å². The summed E-state index contributed by atoms with van der Waals surface area (Å²) in [6, 6.07) is 5.79. The third kappa shape index (κ3) is 3.79. The van der Waals surface area contributed by atoms with E-state index in [2.05, 4.69) is 4.98 Å². The summed E-state index contributed by atoms with van der Waals surface area (Å²) in [5.41, 5.74) is 7.87. The monoisotopic (exact) mass is 261 g/mol. The lowest BCUT2D eigenvalue weighted by atomic mass is 10.1. The minimum atomic E-state index is -0.187. The first kappa shape index (κ1) is 13.5. The molecule has 0 amide bonds. The van der Waals surface area contributed by atoms with Crippen molar-refractivity contribution in [3.8, 4) is 0 Å². The Morgan fingerprint density at radius 2 is 2.37 bits per heavy atom. The molecule has 0 aliphatic rings. The van der Waals surface area contributed by atoms with Gasteiger partial charge in [-0.05, 0) is 25.5 Å². The van der Waals surface area contributed by atoms with Gasteiger partial charge in [0.15, 0.2) is 0 Å². The summed E-state index contributed by atoms with van der Waals surface area (Å²) in [7, 11) is 0. The Balaban J connectivity index is 1.88. The number of nitrogens with two attached hydrogens (primary N) is 1. The van der Waals surface area contributed by atoms with E-state index < -0.39 is 0 Å². The molecule has 102 valence electrons. The van der Waals surface area contributed by atoms with Crippen LogP contribution in [0.3, 0.4) is 0 Å². The first-order valence-corrected chi connectivity index (χ1v) is 6.53. The zero-order chi connectivity index (χ0) is 13.7. The Labute approximate surface area is 112 Å². The first-order chi connectivity index (χ1) is 9.19. The van der Waals surface area contributed by atoms with E-state index >= 15 is 0 Å². The van der Waals surface area contributed by atoms with Gasteiger partial charge in [0, 0.05) is 31.3 Å². The van der Waals surface area contributed by atoms with Gasteiger partial charge in [-0.15, -0.1) is 0 Å². The van der Waals surface area contributed by atoms with Crippen molar-refractivity contribution in [1.82, 2.24) is 9.38 Å². The van der Waals surface area contributed by atoms with Crippen LogP contribution in [-0.2, 0) is 16.0 Å². The molecule has 1 atom stereocenters. The van der Waals surface area contributed by atoms with E-state index in [4.69, 9.17) is 10.5 Å². The second kappa shape index (κ2) is 6.33. The minimum absolute atomic E-state index is 0.0747. The van der Waals surface area contributed by atoms with E-state index in [0.29, 0.717) is 25.9 Å². The number of carbonyl (C=O) groups is 1. The van der Waals surface area contributed by atoms with Gasteiger partial charge in [0.1, 0.15) is 5.65 Å². The third-order valence-electron chi connectivity index (χ3n) is 2.91. The van der Waals surface area contributed by atoms with Crippen LogP contribution < -0.4 is 5.73 Å². The molecular weight excluding hydrogens is 242 g/mol. The molecular formula is C14H19N3O2. The second-order valence-electron chi connectivity index (χ2n) is 4.51. The average molecular weight is 261 g/mol. The van der Waals surface area contributed by atoms with Crippen LogP contribution in [0.25, 0.3) is 5.65 Å². The molecule has 1 unspecified atom stereocenters. The lowest BCUT2D eigenvalue weighted by Gasteiger charge is -2.08. The zero-order valence-corrected chi connectivity index (χ0v) is 11.1. The fourth-order valence-corrected chi connectivity index (χ4v) is 1.99. The van der Waals surface area contributed by atoms with Gasteiger partial charge in [0.25, 0.3) is 0 Å². The maximum absolute atomic E-state index is 11.2. The Morgan fingerprint density at radius 3 is 3.11 bits per heavy atom. The normalized spacial score (nSPS) is 12.5. The number of carbonyl (C=O) groups excluding carboxylic acids is 1. The number of imidazole rings is 1. The Morgan fingerprint density at radius 1 is 1.53 bits per heavy atom. The minimum Gasteiger partial charge on any atom is -0.466 e. The van der Waals surface area contributed by atoms with Gasteiger partial charge in [-0.2, -0.15) is 0 Å². The van der Waals surface area contributed by atoms with Crippen LogP contribution in [0.1, 0.15) is 25.5 Å². The molecule has 2 aromatic rings. The number of fused-ring (bicyclic) bond motifs is 1.